The van der Waals surface area contributed by atoms with Gasteiger partial charge in [-0.25, -0.2) is 0 Å². The molecule has 78 valence electrons. The van der Waals surface area contributed by atoms with Crippen LogP contribution in [0.4, 0.5) is 5.69 Å². The van der Waals surface area contributed by atoms with E-state index in [2.05, 4.69) is 19.9 Å². The summed E-state index contributed by atoms with van der Waals surface area (Å²) in [5.41, 5.74) is 7.83. The molecule has 0 saturated heterocycles. The van der Waals surface area contributed by atoms with Crippen molar-refractivity contribution >= 4 is 17.4 Å². The van der Waals surface area contributed by atoms with E-state index in [1.165, 1.54) is 10.5 Å². The summed E-state index contributed by atoms with van der Waals surface area (Å²) in [5, 5.41) is 0.459. The van der Waals surface area contributed by atoms with Gasteiger partial charge in [0, 0.05) is 22.9 Å². The first kappa shape index (κ1) is 11.4. The molecule has 14 heavy (non-hydrogen) atoms. The zero-order valence-corrected chi connectivity index (χ0v) is 9.73. The minimum Gasteiger partial charge on any atom is -0.399 e. The highest BCUT2D eigenvalue weighted by Gasteiger charge is 2.06. The number of aryl methyl sites for hydroxylation is 1. The Kier molecular flexibility index (Phi) is 4.29. The summed E-state index contributed by atoms with van der Waals surface area (Å²) in [6.45, 7) is 5.01. The first-order valence-electron chi connectivity index (χ1n) is 4.65. The van der Waals surface area contributed by atoms with Gasteiger partial charge in [-0.3, -0.25) is 0 Å². The summed E-state index contributed by atoms with van der Waals surface area (Å²) in [5.74, 6) is 0. The summed E-state index contributed by atoms with van der Waals surface area (Å²) < 4.78 is 5.09. The fourth-order valence-electron chi connectivity index (χ4n) is 1.23. The normalized spacial score (nSPS) is 12.8. The maximum absolute atomic E-state index is 5.73. The van der Waals surface area contributed by atoms with E-state index in [-0.39, 0.29) is 0 Å². The molecule has 0 bridgehead atoms. The average molecular weight is 211 g/mol. The lowest BCUT2D eigenvalue weighted by atomic mass is 10.2. The van der Waals surface area contributed by atoms with E-state index in [0.717, 1.165) is 12.3 Å². The Balaban J connectivity index is 2.70. The zero-order chi connectivity index (χ0) is 10.6. The maximum Gasteiger partial charge on any atom is 0.0582 e. The number of nitrogens with two attached hydrogens (primary N) is 1. The van der Waals surface area contributed by atoms with E-state index in [1.807, 2.05) is 12.1 Å². The molecular formula is C11H17NOS. The monoisotopic (exact) mass is 211 g/mol. The molecule has 0 aliphatic rings. The van der Waals surface area contributed by atoms with E-state index in [9.17, 15) is 0 Å². The van der Waals surface area contributed by atoms with Crippen LogP contribution in [0.15, 0.2) is 23.1 Å². The minimum atomic E-state index is 0.459. The van der Waals surface area contributed by atoms with Crippen LogP contribution in [0.3, 0.4) is 0 Å². The van der Waals surface area contributed by atoms with Crippen molar-refractivity contribution < 1.29 is 4.74 Å². The number of hydrogen-bond donors (Lipinski definition) is 1. The Bertz CT molecular complexity index is 301. The van der Waals surface area contributed by atoms with Gasteiger partial charge in [-0.15, -0.1) is 11.8 Å². The molecule has 2 N–H and O–H groups in total. The molecule has 1 aromatic rings. The number of methoxy groups -OCH3 is 1. The highest BCUT2D eigenvalue weighted by atomic mass is 32.2. The summed E-state index contributed by atoms with van der Waals surface area (Å²) >= 11 is 1.80. The van der Waals surface area contributed by atoms with Gasteiger partial charge in [-0.05, 0) is 24.6 Å². The van der Waals surface area contributed by atoms with Gasteiger partial charge in [-0.2, -0.15) is 0 Å². The van der Waals surface area contributed by atoms with Crippen LogP contribution >= 0.6 is 11.8 Å². The third-order valence-electron chi connectivity index (χ3n) is 1.94. The minimum absolute atomic E-state index is 0.459. The van der Waals surface area contributed by atoms with Crippen LogP contribution in [-0.2, 0) is 4.74 Å². The summed E-state index contributed by atoms with van der Waals surface area (Å²) in [7, 11) is 1.73. The molecule has 0 fully saturated rings. The SMILES string of the molecule is COCC(C)Sc1cc(N)ccc1C. The first-order valence-corrected chi connectivity index (χ1v) is 5.53. The summed E-state index contributed by atoms with van der Waals surface area (Å²) in [6, 6.07) is 6.00. The van der Waals surface area contributed by atoms with Gasteiger partial charge in [0.05, 0.1) is 6.61 Å². The standard InChI is InChI=1S/C11H17NOS/c1-8-4-5-10(12)6-11(8)14-9(2)7-13-3/h4-6,9H,7,12H2,1-3H3. The van der Waals surface area contributed by atoms with Crippen molar-refractivity contribution in [2.24, 2.45) is 0 Å². The van der Waals surface area contributed by atoms with Gasteiger partial charge in [0.15, 0.2) is 0 Å². The van der Waals surface area contributed by atoms with E-state index in [0.29, 0.717) is 5.25 Å². The number of rotatable bonds is 4. The van der Waals surface area contributed by atoms with Gasteiger partial charge in [0.1, 0.15) is 0 Å². The van der Waals surface area contributed by atoms with Crippen LogP contribution in [-0.4, -0.2) is 19.0 Å². The Morgan fingerprint density at radius 2 is 2.21 bits per heavy atom. The van der Waals surface area contributed by atoms with E-state index < -0.39 is 0 Å². The molecule has 3 heteroatoms. The number of ether oxygens (including phenoxy) is 1. The fourth-order valence-corrected chi connectivity index (χ4v) is 2.32. The Morgan fingerprint density at radius 3 is 2.86 bits per heavy atom. The van der Waals surface area contributed by atoms with Crippen molar-refractivity contribution in [3.05, 3.63) is 23.8 Å². The zero-order valence-electron chi connectivity index (χ0n) is 8.91. The highest BCUT2D eigenvalue weighted by molar-refractivity contribution is 8.00. The quantitative estimate of drug-likeness (QED) is 0.614. The maximum atomic E-state index is 5.73. The van der Waals surface area contributed by atoms with E-state index in [4.69, 9.17) is 10.5 Å². The predicted molar refractivity (Wildman–Crippen MR) is 62.8 cm³/mol. The van der Waals surface area contributed by atoms with E-state index in [1.54, 1.807) is 18.9 Å². The topological polar surface area (TPSA) is 35.2 Å². The second-order valence-electron chi connectivity index (χ2n) is 3.41. The molecule has 0 aliphatic carbocycles. The molecule has 1 unspecified atom stereocenters. The van der Waals surface area contributed by atoms with Crippen molar-refractivity contribution in [2.45, 2.75) is 24.0 Å². The van der Waals surface area contributed by atoms with Gasteiger partial charge < -0.3 is 10.5 Å². The molecule has 1 rings (SSSR count). The lowest BCUT2D eigenvalue weighted by Gasteiger charge is -2.12. The summed E-state index contributed by atoms with van der Waals surface area (Å²) in [6.07, 6.45) is 0. The van der Waals surface area contributed by atoms with Gasteiger partial charge in [0.25, 0.3) is 0 Å². The van der Waals surface area contributed by atoms with Crippen molar-refractivity contribution in [1.29, 1.82) is 0 Å². The molecular weight excluding hydrogens is 194 g/mol. The molecule has 2 nitrogen and oxygen atoms in total. The Labute approximate surface area is 89.8 Å². The lowest BCUT2D eigenvalue weighted by Crippen LogP contribution is -2.05. The van der Waals surface area contributed by atoms with Crippen LogP contribution in [0.5, 0.6) is 0 Å². The molecule has 1 aromatic carbocycles. The lowest BCUT2D eigenvalue weighted by molar-refractivity contribution is 0.203. The fraction of sp³-hybridized carbons (Fsp3) is 0.455. The predicted octanol–water partition coefficient (Wildman–Crippen LogP) is 2.70. The van der Waals surface area contributed by atoms with Crippen LogP contribution in [0.2, 0.25) is 0 Å². The number of hydrogen-bond acceptors (Lipinski definition) is 3. The second-order valence-corrected chi connectivity index (χ2v) is 4.89. The Morgan fingerprint density at radius 1 is 1.50 bits per heavy atom. The van der Waals surface area contributed by atoms with Crippen molar-refractivity contribution in [1.82, 2.24) is 0 Å². The molecule has 1 atom stereocenters. The van der Waals surface area contributed by atoms with E-state index >= 15 is 0 Å². The number of thioether (sulfide) groups is 1. The van der Waals surface area contributed by atoms with Crippen molar-refractivity contribution in [3.8, 4) is 0 Å². The van der Waals surface area contributed by atoms with Gasteiger partial charge >= 0.3 is 0 Å². The molecule has 0 saturated carbocycles. The van der Waals surface area contributed by atoms with Crippen molar-refractivity contribution in [2.75, 3.05) is 19.5 Å². The highest BCUT2D eigenvalue weighted by Crippen LogP contribution is 2.28. The molecule has 0 spiro atoms. The Hall–Kier alpha value is -0.670. The van der Waals surface area contributed by atoms with Crippen LogP contribution in [0.25, 0.3) is 0 Å². The van der Waals surface area contributed by atoms with Crippen LogP contribution in [0.1, 0.15) is 12.5 Å². The number of benzene rings is 1. The molecule has 0 aliphatic heterocycles. The summed E-state index contributed by atoms with van der Waals surface area (Å²) in [4.78, 5) is 1.24. The van der Waals surface area contributed by atoms with Crippen molar-refractivity contribution in [3.63, 3.8) is 0 Å². The first-order chi connectivity index (χ1) is 6.63. The van der Waals surface area contributed by atoms with Gasteiger partial charge in [-0.1, -0.05) is 13.0 Å². The smallest absolute Gasteiger partial charge is 0.0582 e. The number of anilines is 1. The molecule has 0 amide bonds. The molecule has 0 radical (unpaired) electrons. The largest absolute Gasteiger partial charge is 0.399 e. The number of nitrogen functional groups attached to an aromatic ring is 1. The van der Waals surface area contributed by atoms with Gasteiger partial charge in [0.2, 0.25) is 0 Å². The second kappa shape index (κ2) is 5.27. The van der Waals surface area contributed by atoms with Crippen LogP contribution < -0.4 is 5.73 Å². The van der Waals surface area contributed by atoms with Crippen LogP contribution in [0, 0.1) is 6.92 Å². The average Bonchev–Trinajstić information content (AvgIpc) is 2.12. The third-order valence-corrected chi connectivity index (χ3v) is 3.17. The third kappa shape index (κ3) is 3.24. The molecule has 0 heterocycles. The molecule has 0 aromatic heterocycles.